The van der Waals surface area contributed by atoms with Crippen LogP contribution in [-0.2, 0) is 14.9 Å². The van der Waals surface area contributed by atoms with Crippen molar-refractivity contribution in [2.75, 3.05) is 5.75 Å². The van der Waals surface area contributed by atoms with Crippen LogP contribution in [-0.4, -0.2) is 41.9 Å². The highest BCUT2D eigenvalue weighted by atomic mass is 32.2. The third kappa shape index (κ3) is 32.6. The van der Waals surface area contributed by atoms with Crippen LogP contribution >= 0.6 is 0 Å². The molecular weight excluding hydrogens is 594 g/mol. The molecule has 0 aliphatic heterocycles. The van der Waals surface area contributed by atoms with Gasteiger partial charge in [-0.3, -0.25) is 9.35 Å². The van der Waals surface area contributed by atoms with Crippen molar-refractivity contribution in [1.29, 1.82) is 0 Å². The normalized spacial score (nSPS) is 14.6. The zero-order chi connectivity index (χ0) is 34.0. The van der Waals surface area contributed by atoms with Gasteiger partial charge in [0.05, 0.1) is 17.9 Å². The Morgan fingerprint density at radius 3 is 1.59 bits per heavy atom. The second kappa shape index (κ2) is 32.2. The van der Waals surface area contributed by atoms with Gasteiger partial charge in [-0.05, 0) is 70.6 Å². The molecule has 1 amide bonds. The number of aliphatic hydroxyl groups is 1. The van der Waals surface area contributed by atoms with Crippen LogP contribution in [0.3, 0.4) is 0 Å². The molecule has 0 bridgehead atoms. The number of nitrogens with one attached hydrogen (secondary N) is 1. The van der Waals surface area contributed by atoms with E-state index in [1.54, 1.807) is 12.2 Å². The fourth-order valence-electron chi connectivity index (χ4n) is 4.43. The molecule has 0 saturated heterocycles. The minimum atomic E-state index is -4.39. The lowest BCUT2D eigenvalue weighted by atomic mass is 10.1. The van der Waals surface area contributed by atoms with Crippen molar-refractivity contribution in [3.63, 3.8) is 0 Å². The smallest absolute Gasteiger partial charge is 0.267 e. The Labute approximate surface area is 281 Å². The minimum Gasteiger partial charge on any atom is -0.387 e. The van der Waals surface area contributed by atoms with E-state index in [1.807, 2.05) is 12.2 Å². The highest BCUT2D eigenvalue weighted by molar-refractivity contribution is 7.85. The number of hydrogen-bond acceptors (Lipinski definition) is 4. The molecule has 0 aromatic rings. The SMILES string of the molecule is CC/C=C\C/C=C\C/C=C\C/C=C\C/C=C\CC(=O)NC(CS(=O)(=O)O)C(O)/C=C/CC/C=C/CC/C=C/CCCCCCCC. The molecule has 0 radical (unpaired) electrons. The van der Waals surface area contributed by atoms with Crippen LogP contribution in [0.2, 0.25) is 0 Å². The second-order valence-corrected chi connectivity index (χ2v) is 12.9. The summed E-state index contributed by atoms with van der Waals surface area (Å²) in [6, 6.07) is -1.14. The average Bonchev–Trinajstić information content (AvgIpc) is 3.01. The Morgan fingerprint density at radius 2 is 1.07 bits per heavy atom. The standard InChI is InChI=1S/C39H63NO5S/c1-3-5-7-9-11-13-15-17-19-21-22-24-26-28-30-32-34-38(41)37(36-46(43,44)45)40-39(42)35-33-31-29-27-25-23-20-18-16-14-12-10-8-6-4-2/h6,8,12,14,17-20,24-27,31-34,37-38,41H,3-5,7,9-11,13,15-16,21-23,28-30,35-36H2,1-2H3,(H,40,42)(H,43,44,45)/b8-6-,14-12-,19-17+,20-18-,26-24+,27-25-,33-31-,34-32+. The number of carbonyl (C=O) groups excluding carboxylic acids is 1. The maximum Gasteiger partial charge on any atom is 0.267 e. The monoisotopic (exact) mass is 657 g/mol. The minimum absolute atomic E-state index is 0.0466. The van der Waals surface area contributed by atoms with Gasteiger partial charge in [-0.1, -0.05) is 143 Å². The Bertz CT molecular complexity index is 1080. The lowest BCUT2D eigenvalue weighted by Gasteiger charge is -2.20. The fraction of sp³-hybridized carbons (Fsp3) is 0.564. The molecule has 0 aliphatic rings. The first kappa shape index (κ1) is 43.3. The Kier molecular flexibility index (Phi) is 30.3. The van der Waals surface area contributed by atoms with Gasteiger partial charge in [-0.15, -0.1) is 0 Å². The predicted molar refractivity (Wildman–Crippen MR) is 197 cm³/mol. The number of hydrogen-bond donors (Lipinski definition) is 3. The number of unbranched alkanes of at least 4 members (excludes halogenated alkanes) is 8. The average molecular weight is 658 g/mol. The van der Waals surface area contributed by atoms with Gasteiger partial charge in [0.15, 0.2) is 0 Å². The molecule has 0 spiro atoms. The van der Waals surface area contributed by atoms with E-state index in [1.165, 1.54) is 44.6 Å². The molecule has 260 valence electrons. The summed E-state index contributed by atoms with van der Waals surface area (Å²) in [5, 5.41) is 13.0. The molecule has 0 saturated carbocycles. The third-order valence-electron chi connectivity index (χ3n) is 7.00. The highest BCUT2D eigenvalue weighted by Gasteiger charge is 2.24. The van der Waals surface area contributed by atoms with Crippen LogP contribution in [0.25, 0.3) is 0 Å². The molecule has 0 fully saturated rings. The summed E-state index contributed by atoms with van der Waals surface area (Å²) in [4.78, 5) is 12.4. The van der Waals surface area contributed by atoms with E-state index >= 15 is 0 Å². The molecule has 0 heterocycles. The van der Waals surface area contributed by atoms with Crippen LogP contribution in [0.4, 0.5) is 0 Å². The molecule has 2 atom stereocenters. The third-order valence-corrected chi connectivity index (χ3v) is 7.78. The second-order valence-electron chi connectivity index (χ2n) is 11.4. The van der Waals surface area contributed by atoms with E-state index in [-0.39, 0.29) is 6.42 Å². The molecular formula is C39H63NO5S. The van der Waals surface area contributed by atoms with E-state index < -0.39 is 33.9 Å². The Balaban J connectivity index is 4.29. The molecule has 7 heteroatoms. The van der Waals surface area contributed by atoms with Crippen LogP contribution in [0.15, 0.2) is 97.2 Å². The maximum absolute atomic E-state index is 12.4. The largest absolute Gasteiger partial charge is 0.387 e. The summed E-state index contributed by atoms with van der Waals surface area (Å²) in [5.41, 5.74) is 0. The Hall–Kier alpha value is -2.74. The maximum atomic E-state index is 12.4. The van der Waals surface area contributed by atoms with E-state index in [4.69, 9.17) is 0 Å². The summed E-state index contributed by atoms with van der Waals surface area (Å²) in [5.74, 6) is -1.19. The zero-order valence-electron chi connectivity index (χ0n) is 28.6. The molecule has 2 unspecified atom stereocenters. The molecule has 0 aromatic carbocycles. The van der Waals surface area contributed by atoms with Gasteiger partial charge in [0, 0.05) is 6.42 Å². The molecule has 0 aliphatic carbocycles. The van der Waals surface area contributed by atoms with Gasteiger partial charge < -0.3 is 10.4 Å². The first-order valence-electron chi connectivity index (χ1n) is 17.4. The molecule has 6 nitrogen and oxygen atoms in total. The number of aliphatic hydroxyl groups excluding tert-OH is 1. The van der Waals surface area contributed by atoms with Gasteiger partial charge in [-0.25, -0.2) is 0 Å². The summed E-state index contributed by atoms with van der Waals surface area (Å²) in [6.45, 7) is 4.36. The van der Waals surface area contributed by atoms with Gasteiger partial charge in [0.2, 0.25) is 5.91 Å². The van der Waals surface area contributed by atoms with E-state index in [2.05, 4.69) is 86.0 Å². The summed E-state index contributed by atoms with van der Waals surface area (Å²) in [7, 11) is -4.39. The lowest BCUT2D eigenvalue weighted by Crippen LogP contribution is -2.46. The van der Waals surface area contributed by atoms with Crippen molar-refractivity contribution < 1.29 is 22.9 Å². The van der Waals surface area contributed by atoms with Gasteiger partial charge in [0.1, 0.15) is 0 Å². The fourth-order valence-corrected chi connectivity index (χ4v) is 5.16. The van der Waals surface area contributed by atoms with E-state index in [0.717, 1.165) is 51.4 Å². The molecule has 3 N–H and O–H groups in total. The van der Waals surface area contributed by atoms with Crippen molar-refractivity contribution in [1.82, 2.24) is 5.32 Å². The van der Waals surface area contributed by atoms with Crippen molar-refractivity contribution in [2.24, 2.45) is 0 Å². The predicted octanol–water partition coefficient (Wildman–Crippen LogP) is 9.84. The molecule has 0 rings (SSSR count). The van der Waals surface area contributed by atoms with Crippen LogP contribution in [0.1, 0.15) is 123 Å². The first-order valence-corrected chi connectivity index (χ1v) is 19.0. The first-order chi connectivity index (χ1) is 22.3. The van der Waals surface area contributed by atoms with Crippen molar-refractivity contribution in [3.8, 4) is 0 Å². The van der Waals surface area contributed by atoms with Gasteiger partial charge in [-0.2, -0.15) is 8.42 Å². The molecule has 46 heavy (non-hydrogen) atoms. The van der Waals surface area contributed by atoms with Crippen LogP contribution in [0, 0.1) is 0 Å². The number of allylic oxidation sites excluding steroid dienone is 14. The highest BCUT2D eigenvalue weighted by Crippen LogP contribution is 2.08. The van der Waals surface area contributed by atoms with E-state index in [9.17, 15) is 22.9 Å². The summed E-state index contributed by atoms with van der Waals surface area (Å²) in [6.07, 6.45) is 48.4. The van der Waals surface area contributed by atoms with Crippen LogP contribution < -0.4 is 5.32 Å². The zero-order valence-corrected chi connectivity index (χ0v) is 29.5. The number of amides is 1. The van der Waals surface area contributed by atoms with Crippen molar-refractivity contribution in [3.05, 3.63) is 97.2 Å². The van der Waals surface area contributed by atoms with Crippen LogP contribution in [0.5, 0.6) is 0 Å². The number of carbonyl (C=O) groups is 1. The van der Waals surface area contributed by atoms with Gasteiger partial charge in [0.25, 0.3) is 10.1 Å². The van der Waals surface area contributed by atoms with Crippen molar-refractivity contribution >= 4 is 16.0 Å². The summed E-state index contributed by atoms with van der Waals surface area (Å²) < 4.78 is 32.3. The van der Waals surface area contributed by atoms with E-state index in [0.29, 0.717) is 12.8 Å². The van der Waals surface area contributed by atoms with Crippen molar-refractivity contribution in [2.45, 2.75) is 135 Å². The molecule has 0 aromatic heterocycles. The summed E-state index contributed by atoms with van der Waals surface area (Å²) >= 11 is 0. The topological polar surface area (TPSA) is 104 Å². The lowest BCUT2D eigenvalue weighted by molar-refractivity contribution is -0.121. The number of rotatable bonds is 29. The van der Waals surface area contributed by atoms with Gasteiger partial charge >= 0.3 is 0 Å². The quantitative estimate of drug-likeness (QED) is 0.0422. The Morgan fingerprint density at radius 1 is 0.609 bits per heavy atom.